The average molecular weight is 336 g/mol. The van der Waals surface area contributed by atoms with Gasteiger partial charge in [0.1, 0.15) is 0 Å². The number of fused-ring (bicyclic) bond motifs is 1. The van der Waals surface area contributed by atoms with E-state index in [0.717, 1.165) is 12.1 Å². The maximum atomic E-state index is 12.6. The molecule has 0 saturated carbocycles. The van der Waals surface area contributed by atoms with Gasteiger partial charge in [-0.05, 0) is 42.0 Å². The van der Waals surface area contributed by atoms with Crippen molar-refractivity contribution in [3.05, 3.63) is 59.2 Å². The Labute approximate surface area is 134 Å². The van der Waals surface area contributed by atoms with E-state index < -0.39 is 17.6 Å². The molecule has 0 aromatic heterocycles. The zero-order valence-corrected chi connectivity index (χ0v) is 12.1. The lowest BCUT2D eigenvalue weighted by Gasteiger charge is -2.07. The number of halogens is 3. The molecule has 1 aliphatic heterocycles. The first-order chi connectivity index (χ1) is 11.4. The summed E-state index contributed by atoms with van der Waals surface area (Å²) in [5.41, 5.74) is 1.80. The second-order valence-corrected chi connectivity index (χ2v) is 4.89. The molecule has 0 saturated heterocycles. The van der Waals surface area contributed by atoms with Crippen LogP contribution in [0.5, 0.6) is 11.5 Å². The zero-order valence-electron chi connectivity index (χ0n) is 12.1. The molecule has 1 aliphatic rings. The van der Waals surface area contributed by atoms with Crippen molar-refractivity contribution >= 4 is 12.1 Å². The molecule has 0 spiro atoms. The topological polar surface area (TPSA) is 59.9 Å². The van der Waals surface area contributed by atoms with Gasteiger partial charge >= 0.3 is 6.18 Å². The van der Waals surface area contributed by atoms with E-state index in [1.165, 1.54) is 18.3 Å². The molecule has 1 heterocycles. The van der Waals surface area contributed by atoms with Crippen LogP contribution in [0.1, 0.15) is 21.5 Å². The van der Waals surface area contributed by atoms with Gasteiger partial charge in [0.2, 0.25) is 6.79 Å². The van der Waals surface area contributed by atoms with Gasteiger partial charge in [0.05, 0.1) is 11.8 Å². The highest BCUT2D eigenvalue weighted by Crippen LogP contribution is 2.32. The van der Waals surface area contributed by atoms with Crippen LogP contribution in [0, 0.1) is 0 Å². The molecule has 8 heteroatoms. The van der Waals surface area contributed by atoms with E-state index in [2.05, 4.69) is 10.5 Å². The number of hydrogen-bond donors (Lipinski definition) is 1. The summed E-state index contributed by atoms with van der Waals surface area (Å²) in [4.78, 5) is 11.9. The summed E-state index contributed by atoms with van der Waals surface area (Å²) in [5, 5.41) is 3.73. The first-order valence-electron chi connectivity index (χ1n) is 6.84. The van der Waals surface area contributed by atoms with Crippen molar-refractivity contribution in [3.63, 3.8) is 0 Å². The summed E-state index contributed by atoms with van der Waals surface area (Å²) in [7, 11) is 0. The minimum Gasteiger partial charge on any atom is -0.454 e. The summed E-state index contributed by atoms with van der Waals surface area (Å²) in [6.07, 6.45) is -3.15. The van der Waals surface area contributed by atoms with Gasteiger partial charge in [0.15, 0.2) is 11.5 Å². The fraction of sp³-hybridized carbons (Fsp3) is 0.125. The van der Waals surface area contributed by atoms with Crippen LogP contribution in [0.15, 0.2) is 47.6 Å². The van der Waals surface area contributed by atoms with Crippen molar-refractivity contribution in [2.45, 2.75) is 6.18 Å². The van der Waals surface area contributed by atoms with Crippen LogP contribution in [-0.2, 0) is 6.18 Å². The lowest BCUT2D eigenvalue weighted by Crippen LogP contribution is -2.18. The summed E-state index contributed by atoms with van der Waals surface area (Å²) >= 11 is 0. The second kappa shape index (κ2) is 6.23. The number of nitrogens with zero attached hydrogens (tertiary/aromatic N) is 1. The number of hydrazone groups is 1. The first kappa shape index (κ1) is 15.9. The van der Waals surface area contributed by atoms with Crippen LogP contribution >= 0.6 is 0 Å². The second-order valence-electron chi connectivity index (χ2n) is 4.89. The van der Waals surface area contributed by atoms with Crippen molar-refractivity contribution in [1.82, 2.24) is 5.43 Å². The number of ether oxygens (including phenoxy) is 2. The smallest absolute Gasteiger partial charge is 0.416 e. The Kier molecular flexibility index (Phi) is 4.11. The molecular formula is C16H11F3N2O3. The molecule has 0 radical (unpaired) electrons. The van der Waals surface area contributed by atoms with Crippen LogP contribution in [0.4, 0.5) is 13.2 Å². The van der Waals surface area contributed by atoms with Crippen molar-refractivity contribution in [3.8, 4) is 11.5 Å². The number of benzene rings is 2. The third-order valence-corrected chi connectivity index (χ3v) is 3.23. The molecule has 124 valence electrons. The van der Waals surface area contributed by atoms with Gasteiger partial charge in [0.25, 0.3) is 5.91 Å². The molecule has 1 N–H and O–H groups in total. The molecule has 0 unspecified atom stereocenters. The van der Waals surface area contributed by atoms with Crippen LogP contribution < -0.4 is 14.9 Å². The highest BCUT2D eigenvalue weighted by molar-refractivity contribution is 5.95. The van der Waals surface area contributed by atoms with Gasteiger partial charge in [-0.2, -0.15) is 18.3 Å². The molecule has 2 aromatic rings. The minimum absolute atomic E-state index is 0.132. The van der Waals surface area contributed by atoms with E-state index in [1.807, 2.05) is 0 Å². The third kappa shape index (κ3) is 3.48. The van der Waals surface area contributed by atoms with E-state index in [0.29, 0.717) is 17.1 Å². The fourth-order valence-corrected chi connectivity index (χ4v) is 2.06. The predicted octanol–water partition coefficient (Wildman–Crippen LogP) is 3.20. The lowest BCUT2D eigenvalue weighted by molar-refractivity contribution is -0.137. The monoisotopic (exact) mass is 336 g/mol. The molecule has 0 fully saturated rings. The summed E-state index contributed by atoms with van der Waals surface area (Å²) in [6, 6.07) is 9.17. The third-order valence-electron chi connectivity index (χ3n) is 3.23. The molecule has 5 nitrogen and oxygen atoms in total. The Morgan fingerprint density at radius 2 is 1.92 bits per heavy atom. The lowest BCUT2D eigenvalue weighted by atomic mass is 10.1. The van der Waals surface area contributed by atoms with E-state index in [9.17, 15) is 18.0 Å². The number of nitrogens with one attached hydrogen (secondary N) is 1. The SMILES string of the molecule is O=C(NN=Cc1ccc2c(c1)OCO2)c1cccc(C(F)(F)F)c1. The number of carbonyl (C=O) groups is 1. The normalized spacial score (nSPS) is 13.3. The average Bonchev–Trinajstić information content (AvgIpc) is 3.02. The number of alkyl halides is 3. The molecule has 3 rings (SSSR count). The van der Waals surface area contributed by atoms with Crippen molar-refractivity contribution in [2.75, 3.05) is 6.79 Å². The molecule has 0 atom stereocenters. The maximum absolute atomic E-state index is 12.6. The molecule has 24 heavy (non-hydrogen) atoms. The van der Waals surface area contributed by atoms with Gasteiger partial charge in [0, 0.05) is 5.56 Å². The Bertz CT molecular complexity index is 803. The van der Waals surface area contributed by atoms with E-state index in [1.54, 1.807) is 18.2 Å². The van der Waals surface area contributed by atoms with Gasteiger partial charge in [-0.15, -0.1) is 0 Å². The number of amides is 1. The van der Waals surface area contributed by atoms with Crippen LogP contribution in [0.25, 0.3) is 0 Å². The molecule has 1 amide bonds. The van der Waals surface area contributed by atoms with Gasteiger partial charge in [-0.25, -0.2) is 5.43 Å². The summed E-state index contributed by atoms with van der Waals surface area (Å²) in [5.74, 6) is 0.432. The fourth-order valence-electron chi connectivity index (χ4n) is 2.06. The van der Waals surface area contributed by atoms with Crippen molar-refractivity contribution < 1.29 is 27.4 Å². The number of hydrogen-bond acceptors (Lipinski definition) is 4. The van der Waals surface area contributed by atoms with Gasteiger partial charge in [-0.3, -0.25) is 4.79 Å². The quantitative estimate of drug-likeness (QED) is 0.692. The first-order valence-corrected chi connectivity index (χ1v) is 6.84. The largest absolute Gasteiger partial charge is 0.454 e. The Balaban J connectivity index is 1.67. The van der Waals surface area contributed by atoms with Crippen molar-refractivity contribution in [2.24, 2.45) is 5.10 Å². The summed E-state index contributed by atoms with van der Waals surface area (Å²) in [6.45, 7) is 0.141. The molecule has 0 bridgehead atoms. The Morgan fingerprint density at radius 3 is 2.71 bits per heavy atom. The standard InChI is InChI=1S/C16H11F3N2O3/c17-16(18,19)12-3-1-2-11(7-12)15(22)21-20-8-10-4-5-13-14(6-10)24-9-23-13/h1-8H,9H2,(H,21,22). The molecule has 0 aliphatic carbocycles. The zero-order chi connectivity index (χ0) is 17.2. The number of carbonyl (C=O) groups excluding carboxylic acids is 1. The predicted molar refractivity (Wildman–Crippen MR) is 79.1 cm³/mol. The highest BCUT2D eigenvalue weighted by atomic mass is 19.4. The maximum Gasteiger partial charge on any atom is 0.416 e. The van der Waals surface area contributed by atoms with Gasteiger partial charge in [-0.1, -0.05) is 6.07 Å². The molecule has 2 aromatic carbocycles. The van der Waals surface area contributed by atoms with Gasteiger partial charge < -0.3 is 9.47 Å². The Morgan fingerprint density at radius 1 is 1.12 bits per heavy atom. The van der Waals surface area contributed by atoms with E-state index in [4.69, 9.17) is 9.47 Å². The van der Waals surface area contributed by atoms with E-state index in [-0.39, 0.29) is 12.4 Å². The molecular weight excluding hydrogens is 325 g/mol. The highest BCUT2D eigenvalue weighted by Gasteiger charge is 2.30. The van der Waals surface area contributed by atoms with Crippen LogP contribution in [-0.4, -0.2) is 18.9 Å². The summed E-state index contributed by atoms with van der Waals surface area (Å²) < 4.78 is 48.3. The van der Waals surface area contributed by atoms with E-state index >= 15 is 0 Å². The van der Waals surface area contributed by atoms with Crippen molar-refractivity contribution in [1.29, 1.82) is 0 Å². The number of rotatable bonds is 3. The minimum atomic E-state index is -4.51. The van der Waals surface area contributed by atoms with Crippen LogP contribution in [0.2, 0.25) is 0 Å². The van der Waals surface area contributed by atoms with Crippen LogP contribution in [0.3, 0.4) is 0 Å². The Hall–Kier alpha value is -3.03.